The van der Waals surface area contributed by atoms with Gasteiger partial charge < -0.3 is 14.5 Å². The van der Waals surface area contributed by atoms with E-state index in [0.29, 0.717) is 13.1 Å². The number of thiophene rings is 1. The monoisotopic (exact) mass is 318 g/mol. The van der Waals surface area contributed by atoms with Crippen molar-refractivity contribution in [1.82, 2.24) is 4.90 Å². The van der Waals surface area contributed by atoms with Crippen LogP contribution in [0.25, 0.3) is 10.1 Å². The average Bonchev–Trinajstić information content (AvgIpc) is 2.89. The van der Waals surface area contributed by atoms with Gasteiger partial charge in [-0.15, -0.1) is 11.3 Å². The minimum Gasteiger partial charge on any atom is -0.444 e. The predicted molar refractivity (Wildman–Crippen MR) is 91.8 cm³/mol. The van der Waals surface area contributed by atoms with Crippen LogP contribution < -0.4 is 4.90 Å². The van der Waals surface area contributed by atoms with Gasteiger partial charge in [0.15, 0.2) is 0 Å². The third-order valence-electron chi connectivity index (χ3n) is 3.66. The summed E-state index contributed by atoms with van der Waals surface area (Å²) in [6.45, 7) is 8.83. The molecule has 3 rings (SSSR count). The lowest BCUT2D eigenvalue weighted by atomic mass is 10.2. The largest absolute Gasteiger partial charge is 0.444 e. The molecule has 0 aliphatic carbocycles. The van der Waals surface area contributed by atoms with Gasteiger partial charge in [-0.2, -0.15) is 0 Å². The van der Waals surface area contributed by atoms with E-state index >= 15 is 0 Å². The highest BCUT2D eigenvalue weighted by Gasteiger charge is 2.26. The second-order valence-corrected chi connectivity index (χ2v) is 7.64. The molecule has 1 aliphatic heterocycles. The highest BCUT2D eigenvalue weighted by molar-refractivity contribution is 7.22. The number of carbonyl (C=O) groups excluding carboxylic acids is 1. The predicted octanol–water partition coefficient (Wildman–Crippen LogP) is 3.96. The minimum absolute atomic E-state index is 0.205. The number of carbonyl (C=O) groups is 1. The quantitative estimate of drug-likeness (QED) is 0.798. The Morgan fingerprint density at radius 2 is 1.82 bits per heavy atom. The molecule has 1 aromatic heterocycles. The summed E-state index contributed by atoms with van der Waals surface area (Å²) in [4.78, 5) is 16.2. The molecule has 2 aromatic rings. The third kappa shape index (κ3) is 3.35. The van der Waals surface area contributed by atoms with Gasteiger partial charge >= 0.3 is 6.09 Å². The lowest BCUT2D eigenvalue weighted by Gasteiger charge is -2.36. The normalized spacial score (nSPS) is 16.1. The van der Waals surface area contributed by atoms with Crippen molar-refractivity contribution in [2.45, 2.75) is 26.4 Å². The number of ether oxygens (including phenoxy) is 1. The molecule has 0 bridgehead atoms. The summed E-state index contributed by atoms with van der Waals surface area (Å²) >= 11 is 1.81. The van der Waals surface area contributed by atoms with Gasteiger partial charge in [-0.05, 0) is 38.3 Å². The number of piperazine rings is 1. The molecule has 1 amide bonds. The maximum Gasteiger partial charge on any atom is 0.410 e. The number of nitrogens with zero attached hydrogens (tertiary/aromatic N) is 2. The Morgan fingerprint density at radius 1 is 1.14 bits per heavy atom. The number of benzene rings is 1. The highest BCUT2D eigenvalue weighted by atomic mass is 32.1. The fraction of sp³-hybridized carbons (Fsp3) is 0.471. The van der Waals surface area contributed by atoms with Gasteiger partial charge in [-0.1, -0.05) is 18.2 Å². The van der Waals surface area contributed by atoms with Gasteiger partial charge in [0.1, 0.15) is 5.60 Å². The molecule has 0 spiro atoms. The molecule has 5 heteroatoms. The van der Waals surface area contributed by atoms with Crippen LogP contribution in [-0.4, -0.2) is 42.8 Å². The molecule has 4 nitrogen and oxygen atoms in total. The van der Waals surface area contributed by atoms with Crippen LogP contribution in [0.2, 0.25) is 0 Å². The molecule has 1 saturated heterocycles. The van der Waals surface area contributed by atoms with Crippen molar-refractivity contribution >= 4 is 32.5 Å². The molecule has 118 valence electrons. The maximum absolute atomic E-state index is 12.1. The van der Waals surface area contributed by atoms with Gasteiger partial charge in [0, 0.05) is 30.9 Å². The first-order valence-corrected chi connectivity index (χ1v) is 8.45. The summed E-state index contributed by atoms with van der Waals surface area (Å²) in [5.74, 6) is 0. The summed E-state index contributed by atoms with van der Waals surface area (Å²) < 4.78 is 6.75. The zero-order valence-electron chi connectivity index (χ0n) is 13.3. The van der Waals surface area contributed by atoms with Crippen LogP contribution in [0.1, 0.15) is 20.8 Å². The van der Waals surface area contributed by atoms with Crippen molar-refractivity contribution in [3.63, 3.8) is 0 Å². The van der Waals surface area contributed by atoms with Crippen LogP contribution in [0.15, 0.2) is 30.3 Å². The third-order valence-corrected chi connectivity index (χ3v) is 4.83. The van der Waals surface area contributed by atoms with Crippen molar-refractivity contribution in [3.05, 3.63) is 30.3 Å². The van der Waals surface area contributed by atoms with Crippen LogP contribution in [-0.2, 0) is 4.74 Å². The van der Waals surface area contributed by atoms with Crippen LogP contribution in [0.4, 0.5) is 9.80 Å². The number of amides is 1. The molecule has 1 aromatic carbocycles. The molecule has 0 N–H and O–H groups in total. The van der Waals surface area contributed by atoms with E-state index in [4.69, 9.17) is 4.74 Å². The first-order chi connectivity index (χ1) is 10.4. The van der Waals surface area contributed by atoms with Gasteiger partial charge in [0.05, 0.1) is 5.00 Å². The zero-order chi connectivity index (χ0) is 15.7. The van der Waals surface area contributed by atoms with E-state index in [2.05, 4.69) is 35.2 Å². The molecule has 0 atom stereocenters. The Balaban J connectivity index is 1.63. The molecule has 2 heterocycles. The first kappa shape index (κ1) is 15.2. The molecule has 0 unspecified atom stereocenters. The van der Waals surface area contributed by atoms with Crippen LogP contribution >= 0.6 is 11.3 Å². The number of hydrogen-bond donors (Lipinski definition) is 0. The van der Waals surface area contributed by atoms with Crippen molar-refractivity contribution in [3.8, 4) is 0 Å². The minimum atomic E-state index is -0.431. The zero-order valence-corrected chi connectivity index (χ0v) is 14.2. The van der Waals surface area contributed by atoms with E-state index < -0.39 is 5.60 Å². The highest BCUT2D eigenvalue weighted by Crippen LogP contribution is 2.32. The first-order valence-electron chi connectivity index (χ1n) is 7.64. The van der Waals surface area contributed by atoms with Gasteiger partial charge in [-0.25, -0.2) is 4.79 Å². The summed E-state index contributed by atoms with van der Waals surface area (Å²) in [6.07, 6.45) is -0.205. The standard InChI is InChI=1S/C17H22N2O2S/c1-17(2,3)21-16(20)19-10-8-18(9-11-19)15-12-13-6-4-5-7-14(13)22-15/h4-7,12H,8-11H2,1-3H3. The molecule has 0 radical (unpaired) electrons. The summed E-state index contributed by atoms with van der Waals surface area (Å²) in [5.41, 5.74) is -0.431. The van der Waals surface area contributed by atoms with Gasteiger partial charge in [0.25, 0.3) is 0 Å². The van der Waals surface area contributed by atoms with E-state index in [0.717, 1.165) is 13.1 Å². The topological polar surface area (TPSA) is 32.8 Å². The number of hydrogen-bond acceptors (Lipinski definition) is 4. The second-order valence-electron chi connectivity index (χ2n) is 6.58. The molecular formula is C17H22N2O2S. The van der Waals surface area contributed by atoms with Crippen molar-refractivity contribution in [2.75, 3.05) is 31.1 Å². The Bertz CT molecular complexity index is 634. The van der Waals surface area contributed by atoms with Crippen LogP contribution in [0, 0.1) is 0 Å². The molecule has 0 saturated carbocycles. The molecular weight excluding hydrogens is 296 g/mol. The summed E-state index contributed by atoms with van der Waals surface area (Å²) in [7, 11) is 0. The number of fused-ring (bicyclic) bond motifs is 1. The lowest BCUT2D eigenvalue weighted by molar-refractivity contribution is 0.0241. The Labute approximate surface area is 135 Å². The summed E-state index contributed by atoms with van der Waals surface area (Å²) in [5, 5.41) is 2.57. The fourth-order valence-electron chi connectivity index (χ4n) is 2.56. The van der Waals surface area contributed by atoms with E-state index in [1.807, 2.05) is 32.1 Å². The SMILES string of the molecule is CC(C)(C)OC(=O)N1CCN(c2cc3ccccc3s2)CC1. The van der Waals surface area contributed by atoms with Crippen molar-refractivity contribution in [1.29, 1.82) is 0 Å². The van der Waals surface area contributed by atoms with Gasteiger partial charge in [0.2, 0.25) is 0 Å². The van der Waals surface area contributed by atoms with Crippen LogP contribution in [0.3, 0.4) is 0 Å². The summed E-state index contributed by atoms with van der Waals surface area (Å²) in [6, 6.07) is 10.7. The van der Waals surface area contributed by atoms with E-state index in [-0.39, 0.29) is 6.09 Å². The average molecular weight is 318 g/mol. The van der Waals surface area contributed by atoms with Crippen LogP contribution in [0.5, 0.6) is 0 Å². The fourth-order valence-corrected chi connectivity index (χ4v) is 3.67. The van der Waals surface area contributed by atoms with Gasteiger partial charge in [-0.3, -0.25) is 0 Å². The molecule has 1 fully saturated rings. The number of rotatable bonds is 1. The Hall–Kier alpha value is -1.75. The van der Waals surface area contributed by atoms with Crippen molar-refractivity contribution in [2.24, 2.45) is 0 Å². The smallest absolute Gasteiger partial charge is 0.410 e. The second kappa shape index (κ2) is 5.80. The number of anilines is 1. The Morgan fingerprint density at radius 3 is 2.45 bits per heavy atom. The lowest BCUT2D eigenvalue weighted by Crippen LogP contribution is -2.49. The van der Waals surface area contributed by atoms with Crippen molar-refractivity contribution < 1.29 is 9.53 Å². The Kier molecular flexibility index (Phi) is 4.00. The van der Waals surface area contributed by atoms with E-state index in [1.54, 1.807) is 4.90 Å². The maximum atomic E-state index is 12.1. The van der Waals surface area contributed by atoms with E-state index in [9.17, 15) is 4.79 Å². The van der Waals surface area contributed by atoms with E-state index in [1.165, 1.54) is 15.1 Å². The molecule has 22 heavy (non-hydrogen) atoms. The molecule has 1 aliphatic rings.